The van der Waals surface area contributed by atoms with E-state index in [9.17, 15) is 9.59 Å². The molecule has 1 aliphatic heterocycles. The van der Waals surface area contributed by atoms with Crippen LogP contribution in [-0.2, 0) is 16.1 Å². The molecule has 6 nitrogen and oxygen atoms in total. The zero-order chi connectivity index (χ0) is 17.7. The Morgan fingerprint density at radius 1 is 1.21 bits per heavy atom. The maximum absolute atomic E-state index is 12.6. The summed E-state index contributed by atoms with van der Waals surface area (Å²) in [5, 5.41) is 0. The molecule has 0 bridgehead atoms. The number of nitrogens with two attached hydrogens (primary N) is 1. The van der Waals surface area contributed by atoms with Crippen molar-refractivity contribution in [1.82, 2.24) is 9.80 Å². The molecule has 1 aromatic carbocycles. The van der Waals surface area contributed by atoms with Gasteiger partial charge >= 0.3 is 0 Å². The summed E-state index contributed by atoms with van der Waals surface area (Å²) < 4.78 is 5.70. The van der Waals surface area contributed by atoms with Gasteiger partial charge in [-0.05, 0) is 37.5 Å². The number of likely N-dealkylation sites (N-methyl/N-ethyl adjacent to an activating group) is 1. The van der Waals surface area contributed by atoms with Crippen LogP contribution in [0, 0.1) is 0 Å². The van der Waals surface area contributed by atoms with Gasteiger partial charge in [-0.1, -0.05) is 12.1 Å². The molecule has 0 saturated carbocycles. The maximum atomic E-state index is 12.6. The fourth-order valence-electron chi connectivity index (χ4n) is 2.84. The number of hydrogen-bond donors (Lipinski definition) is 1. The van der Waals surface area contributed by atoms with Crippen molar-refractivity contribution in [3.8, 4) is 0 Å². The van der Waals surface area contributed by atoms with Crippen LogP contribution in [0.25, 0.3) is 0 Å². The highest BCUT2D eigenvalue weighted by atomic mass is 16.5. The van der Waals surface area contributed by atoms with E-state index in [1.165, 1.54) is 0 Å². The predicted octanol–water partition coefficient (Wildman–Crippen LogP) is 1.24. The Bertz CT molecular complexity index is 571. The van der Waals surface area contributed by atoms with Gasteiger partial charge in [-0.3, -0.25) is 9.59 Å². The summed E-state index contributed by atoms with van der Waals surface area (Å²) in [5.41, 5.74) is 7.24. The average Bonchev–Trinajstić information content (AvgIpc) is 3.08. The van der Waals surface area contributed by atoms with E-state index in [0.29, 0.717) is 25.2 Å². The minimum atomic E-state index is -0.381. The summed E-state index contributed by atoms with van der Waals surface area (Å²) in [7, 11) is 3.45. The monoisotopic (exact) mass is 333 g/mol. The minimum Gasteiger partial charge on any atom is -0.364 e. The predicted molar refractivity (Wildman–Crippen MR) is 92.5 cm³/mol. The Hall–Kier alpha value is -1.92. The Morgan fingerprint density at radius 2 is 1.88 bits per heavy atom. The van der Waals surface area contributed by atoms with E-state index in [0.717, 1.165) is 18.4 Å². The maximum Gasteiger partial charge on any atom is 0.253 e. The summed E-state index contributed by atoms with van der Waals surface area (Å²) >= 11 is 0. The summed E-state index contributed by atoms with van der Waals surface area (Å²) in [5.74, 6) is -0.0148. The molecule has 132 valence electrons. The van der Waals surface area contributed by atoms with Crippen molar-refractivity contribution in [1.29, 1.82) is 0 Å². The highest BCUT2D eigenvalue weighted by molar-refractivity contribution is 5.93. The Kier molecular flexibility index (Phi) is 6.34. The lowest BCUT2D eigenvalue weighted by molar-refractivity contribution is -0.143. The van der Waals surface area contributed by atoms with Gasteiger partial charge in [0.05, 0.1) is 6.10 Å². The van der Waals surface area contributed by atoms with Crippen molar-refractivity contribution in [3.63, 3.8) is 0 Å². The van der Waals surface area contributed by atoms with Gasteiger partial charge in [0.1, 0.15) is 6.10 Å². The molecule has 1 aromatic rings. The van der Waals surface area contributed by atoms with Gasteiger partial charge in [-0.25, -0.2) is 0 Å². The Labute approximate surface area is 143 Å². The molecule has 0 unspecified atom stereocenters. The van der Waals surface area contributed by atoms with Crippen molar-refractivity contribution in [3.05, 3.63) is 35.4 Å². The molecule has 2 rings (SSSR count). The zero-order valence-electron chi connectivity index (χ0n) is 14.7. The quantitative estimate of drug-likeness (QED) is 0.850. The molecule has 1 saturated heterocycles. The molecule has 2 atom stereocenters. The third-order valence-electron chi connectivity index (χ3n) is 4.32. The van der Waals surface area contributed by atoms with Crippen LogP contribution in [0.1, 0.15) is 35.7 Å². The fourth-order valence-corrected chi connectivity index (χ4v) is 2.84. The molecular weight excluding hydrogens is 306 g/mol. The van der Waals surface area contributed by atoms with E-state index in [4.69, 9.17) is 10.5 Å². The number of rotatable bonds is 6. The molecule has 1 fully saturated rings. The van der Waals surface area contributed by atoms with Crippen LogP contribution in [0.2, 0.25) is 0 Å². The summed E-state index contributed by atoms with van der Waals surface area (Å²) in [6.45, 7) is 3.54. The van der Waals surface area contributed by atoms with E-state index < -0.39 is 0 Å². The highest BCUT2D eigenvalue weighted by Gasteiger charge is 2.32. The number of carbonyl (C=O) groups is 2. The molecule has 0 radical (unpaired) electrons. The second-order valence-electron chi connectivity index (χ2n) is 6.31. The first-order valence-electron chi connectivity index (χ1n) is 8.41. The summed E-state index contributed by atoms with van der Waals surface area (Å²) in [6, 6.07) is 7.38. The normalized spacial score (nSPS) is 20.0. The van der Waals surface area contributed by atoms with E-state index in [2.05, 4.69) is 0 Å². The number of benzene rings is 1. The molecule has 2 N–H and O–H groups in total. The average molecular weight is 333 g/mol. The molecule has 0 aromatic heterocycles. The van der Waals surface area contributed by atoms with E-state index >= 15 is 0 Å². The highest BCUT2D eigenvalue weighted by Crippen LogP contribution is 2.21. The lowest BCUT2D eigenvalue weighted by Crippen LogP contribution is -2.39. The lowest BCUT2D eigenvalue weighted by atomic mass is 10.1. The summed E-state index contributed by atoms with van der Waals surface area (Å²) in [6.07, 6.45) is 1.18. The first-order valence-corrected chi connectivity index (χ1v) is 8.41. The van der Waals surface area contributed by atoms with Crippen molar-refractivity contribution < 1.29 is 14.3 Å². The number of hydrogen-bond acceptors (Lipinski definition) is 4. The van der Waals surface area contributed by atoms with Crippen molar-refractivity contribution in [2.45, 2.75) is 38.5 Å². The zero-order valence-corrected chi connectivity index (χ0v) is 14.7. The molecule has 2 amide bonds. The molecule has 0 aliphatic carbocycles. The number of amides is 2. The standard InChI is InChI=1S/C18H27N3O3/c1-4-21(18(23)16-10-9-15(11-19)24-16)12-13-5-7-14(8-6-13)17(22)20(2)3/h5-8,15-16H,4,9-12,19H2,1-3H3/t15-,16+/m1/s1. The third-order valence-corrected chi connectivity index (χ3v) is 4.32. The van der Waals surface area contributed by atoms with Crippen LogP contribution in [0.4, 0.5) is 0 Å². The van der Waals surface area contributed by atoms with Gasteiger partial charge in [0.15, 0.2) is 0 Å². The summed E-state index contributed by atoms with van der Waals surface area (Å²) in [4.78, 5) is 27.8. The molecule has 24 heavy (non-hydrogen) atoms. The molecular formula is C18H27N3O3. The smallest absolute Gasteiger partial charge is 0.253 e. The van der Waals surface area contributed by atoms with Crippen LogP contribution in [-0.4, -0.2) is 61.0 Å². The Morgan fingerprint density at radius 3 is 2.38 bits per heavy atom. The van der Waals surface area contributed by atoms with Crippen LogP contribution in [0.3, 0.4) is 0 Å². The van der Waals surface area contributed by atoms with Crippen LogP contribution >= 0.6 is 0 Å². The second-order valence-corrected chi connectivity index (χ2v) is 6.31. The first kappa shape index (κ1) is 18.4. The first-order chi connectivity index (χ1) is 11.5. The second kappa shape index (κ2) is 8.26. The van der Waals surface area contributed by atoms with Crippen LogP contribution < -0.4 is 5.73 Å². The largest absolute Gasteiger partial charge is 0.364 e. The van der Waals surface area contributed by atoms with Gasteiger partial charge < -0.3 is 20.3 Å². The van der Waals surface area contributed by atoms with Gasteiger partial charge in [-0.15, -0.1) is 0 Å². The number of carbonyl (C=O) groups excluding carboxylic acids is 2. The minimum absolute atomic E-state index is 0.00557. The van der Waals surface area contributed by atoms with E-state index in [1.807, 2.05) is 19.1 Å². The molecule has 6 heteroatoms. The fraction of sp³-hybridized carbons (Fsp3) is 0.556. The lowest BCUT2D eigenvalue weighted by Gasteiger charge is -2.24. The Balaban J connectivity index is 1.99. The number of nitrogens with zero attached hydrogens (tertiary/aromatic N) is 2. The van der Waals surface area contributed by atoms with Gasteiger partial charge in [0.25, 0.3) is 11.8 Å². The van der Waals surface area contributed by atoms with Crippen LogP contribution in [0.15, 0.2) is 24.3 Å². The van der Waals surface area contributed by atoms with Crippen molar-refractivity contribution >= 4 is 11.8 Å². The van der Waals surface area contributed by atoms with Crippen LogP contribution in [0.5, 0.6) is 0 Å². The molecule has 1 aliphatic rings. The topological polar surface area (TPSA) is 75.9 Å². The van der Waals surface area contributed by atoms with Gasteiger partial charge in [0.2, 0.25) is 0 Å². The molecule has 1 heterocycles. The van der Waals surface area contributed by atoms with Gasteiger partial charge in [-0.2, -0.15) is 0 Å². The SMILES string of the molecule is CCN(Cc1ccc(C(=O)N(C)C)cc1)C(=O)[C@@H]1CC[C@H](CN)O1. The molecule has 0 spiro atoms. The van der Waals surface area contributed by atoms with Crippen molar-refractivity contribution in [2.75, 3.05) is 27.2 Å². The number of ether oxygens (including phenoxy) is 1. The van der Waals surface area contributed by atoms with Gasteiger partial charge in [0, 0.05) is 39.3 Å². The van der Waals surface area contributed by atoms with E-state index in [-0.39, 0.29) is 24.0 Å². The third kappa shape index (κ3) is 4.33. The van der Waals surface area contributed by atoms with Crippen molar-refractivity contribution in [2.24, 2.45) is 5.73 Å². The van der Waals surface area contributed by atoms with E-state index in [1.54, 1.807) is 36.0 Å².